The Labute approximate surface area is 774 Å². The van der Waals surface area contributed by atoms with Crippen LogP contribution in [-0.2, 0) is 63.7 Å². The number of hydrogen-bond acceptors (Lipinski definition) is 25. The quantitative estimate of drug-likeness (QED) is 0.0367. The summed E-state index contributed by atoms with van der Waals surface area (Å²) in [4.78, 5) is 132. The predicted molar refractivity (Wildman–Crippen MR) is 490 cm³/mol. The van der Waals surface area contributed by atoms with Crippen LogP contribution in [0.4, 0.5) is 68.1 Å². The van der Waals surface area contributed by atoms with Gasteiger partial charge in [0.05, 0.1) is 26.2 Å². The van der Waals surface area contributed by atoms with Crippen LogP contribution in [0.3, 0.4) is 0 Å². The molecule has 4 saturated heterocycles. The SMILES string of the molecule is CC#CCn1c(N2CCN(C(=O)OC(C)(C)C)CC2)nc2c(-c3ccccc3)n[nH]c(=O)c21.CC#CCn1c(N2CCNCC2)nc2c(-c3ccccc3)n[nH]c(=O)c21.CC#CCn1c(N2CCNCC2)nc2c(-c3ccccc3)nn(C)c(=O)c21.CC#CCn1c(N2CCNCC2)nc2c(-c3ccccc3)nn(CC(=O)O)c(=O)c21.O=C(O)C(F)(F)F.O=C(O)C(F)(F)F.O=C(O)C(F)(F)F. The number of benzene rings is 4. The van der Waals surface area contributed by atoms with Gasteiger partial charge in [-0.15, -0.1) is 23.7 Å². The molecular weight excluding hydrogens is 1810 g/mol. The first-order chi connectivity index (χ1) is 65.2. The Hall–Kier alpha value is -15.9. The minimum atomic E-state index is -5.08. The van der Waals surface area contributed by atoms with E-state index in [1.165, 1.54) is 4.68 Å². The van der Waals surface area contributed by atoms with E-state index in [-0.39, 0.29) is 29.3 Å². The first-order valence-corrected chi connectivity index (χ1v) is 42.2. The van der Waals surface area contributed by atoms with Crippen LogP contribution in [0.5, 0.6) is 0 Å². The maximum absolute atomic E-state index is 13.2. The number of aromatic nitrogens is 16. The minimum absolute atomic E-state index is 0.156. The number of carboxylic acids is 4. The maximum atomic E-state index is 13.2. The lowest BCUT2D eigenvalue weighted by Crippen LogP contribution is -2.50. The maximum Gasteiger partial charge on any atom is 0.490 e. The second-order valence-corrected chi connectivity index (χ2v) is 30.8. The Bertz CT molecular complexity index is 6760. The number of alkyl halides is 9. The molecule has 0 spiro atoms. The number of amides is 1. The van der Waals surface area contributed by atoms with Crippen LogP contribution < -0.4 is 57.8 Å². The van der Waals surface area contributed by atoms with Gasteiger partial charge in [-0.25, -0.2) is 58.7 Å². The van der Waals surface area contributed by atoms with E-state index in [1.54, 1.807) is 44.2 Å². The highest BCUT2D eigenvalue weighted by Gasteiger charge is 2.41. The van der Waals surface area contributed by atoms with Crippen LogP contribution in [-0.4, -0.2) is 262 Å². The number of halogens is 9. The van der Waals surface area contributed by atoms with Gasteiger partial charge in [-0.2, -0.15) is 59.9 Å². The Balaban J connectivity index is 0.000000176. The van der Waals surface area contributed by atoms with Gasteiger partial charge in [0.15, 0.2) is 0 Å². The van der Waals surface area contributed by atoms with Crippen molar-refractivity contribution in [1.82, 2.24) is 99.0 Å². The van der Waals surface area contributed by atoms with Gasteiger partial charge in [0, 0.05) is 134 Å². The van der Waals surface area contributed by atoms with Gasteiger partial charge in [-0.3, -0.25) is 42.2 Å². The summed E-state index contributed by atoms with van der Waals surface area (Å²) in [5.74, 6) is 17.3. The van der Waals surface area contributed by atoms with Gasteiger partial charge in [-0.1, -0.05) is 145 Å². The number of aliphatic carboxylic acids is 4. The monoisotopic (exact) mass is 1910 g/mol. The van der Waals surface area contributed by atoms with E-state index in [0.29, 0.717) is 125 Å². The topological polar surface area (TPSA) is 460 Å². The highest BCUT2D eigenvalue weighted by molar-refractivity contribution is 5.94. The molecule has 12 aromatic rings. The van der Waals surface area contributed by atoms with Crippen molar-refractivity contribution in [3.05, 3.63) is 163 Å². The number of nitrogens with zero attached hydrogens (tertiary/aromatic N) is 19. The summed E-state index contributed by atoms with van der Waals surface area (Å²) in [5, 5.41) is 63.4. The molecule has 722 valence electrons. The largest absolute Gasteiger partial charge is 0.490 e. The molecule has 47 heteroatoms. The van der Waals surface area contributed by atoms with Crippen molar-refractivity contribution in [1.29, 1.82) is 0 Å². The van der Waals surface area contributed by atoms with Crippen molar-refractivity contribution in [2.75, 3.05) is 124 Å². The van der Waals surface area contributed by atoms with Gasteiger partial charge < -0.3 is 65.6 Å². The zero-order chi connectivity index (χ0) is 99.6. The number of ether oxygens (including phenoxy) is 1. The van der Waals surface area contributed by atoms with E-state index >= 15 is 0 Å². The van der Waals surface area contributed by atoms with E-state index in [2.05, 4.69) is 114 Å². The summed E-state index contributed by atoms with van der Waals surface area (Å²) in [7, 11) is 1.68. The average molecular weight is 1910 g/mol. The normalized spacial score (nSPS) is 13.7. The third-order valence-electron chi connectivity index (χ3n) is 20.3. The zero-order valence-corrected chi connectivity index (χ0v) is 75.2. The molecule has 4 aliphatic rings. The molecule has 1 amide bonds. The van der Waals surface area contributed by atoms with Crippen LogP contribution in [0.1, 0.15) is 48.5 Å². The van der Waals surface area contributed by atoms with Crippen LogP contribution in [0.2, 0.25) is 0 Å². The predicted octanol–water partition coefficient (Wildman–Crippen LogP) is 7.99. The van der Waals surface area contributed by atoms with Crippen LogP contribution >= 0.6 is 0 Å². The van der Waals surface area contributed by atoms with Crippen molar-refractivity contribution < 1.29 is 88.6 Å². The Morgan fingerprint density at radius 3 is 0.942 bits per heavy atom. The molecule has 0 unspecified atom stereocenters. The standard InChI is InChI=1S/C24H28N6O3.C21H22N6O3.C20H22N6O.C19H20N6O.3C2HF3O2/c1-5-6-12-30-20-19(18(26-27-21(20)31)17-10-8-7-9-11-17)25-22(30)28-13-15-29(16-14-28)23(32)33-24(2,3)4;1-2-3-11-26-19-18(23-21(26)25-12-9-22-10-13-25)17(15-7-5-4-6-8-15)24-27(20(19)30)14-16(28)29;1-3-4-12-26-18-17(22-20(26)25-13-10-21-11-14-25)16(23-24(2)19(18)27)15-8-6-5-7-9-15;1-2-3-11-25-17-16(21-19(25)24-12-9-20-10-13-24)15(22-23-18(17)26)14-7-5-4-6-8-14;3*3-2(4,5)1(6)7/h7-11H,12-16H2,1-4H3,(H,27,31);4-8,22H,9-14H2,1H3,(H,28,29);5-9,21H,10-14H2,1-2H3;4-8,20H,9-13H2,1H3,(H,23,26);3*(H,6,7). The fourth-order valence-electron chi connectivity index (χ4n) is 14.1. The number of carboxylic acid groups (broad SMARTS) is 4. The first kappa shape index (κ1) is 103. The van der Waals surface area contributed by atoms with Gasteiger partial charge in [0.2, 0.25) is 23.8 Å². The summed E-state index contributed by atoms with van der Waals surface area (Å²) < 4.78 is 111. The van der Waals surface area contributed by atoms with E-state index in [0.717, 1.165) is 117 Å². The number of anilines is 4. The number of hydrogen-bond donors (Lipinski definition) is 9. The Morgan fingerprint density at radius 1 is 0.387 bits per heavy atom. The molecule has 38 nitrogen and oxygen atoms in total. The van der Waals surface area contributed by atoms with Crippen molar-refractivity contribution in [3.63, 3.8) is 0 Å². The molecule has 0 saturated carbocycles. The molecule has 0 radical (unpaired) electrons. The van der Waals surface area contributed by atoms with E-state index in [9.17, 15) is 73.4 Å². The lowest BCUT2D eigenvalue weighted by atomic mass is 10.1. The number of piperazine rings is 4. The smallest absolute Gasteiger partial charge is 0.480 e. The molecule has 0 aliphatic carbocycles. The number of carbonyl (C=O) groups is 5. The number of aromatic amines is 2. The third kappa shape index (κ3) is 26.6. The molecule has 8 aromatic heterocycles. The number of carbonyl (C=O) groups excluding carboxylic acids is 1. The summed E-state index contributed by atoms with van der Waals surface area (Å²) >= 11 is 0. The summed E-state index contributed by atoms with van der Waals surface area (Å²) in [6, 6.07) is 38.6. The van der Waals surface area contributed by atoms with E-state index in [1.807, 2.05) is 156 Å². The molecule has 4 fully saturated rings. The second kappa shape index (κ2) is 46.7. The van der Waals surface area contributed by atoms with Crippen molar-refractivity contribution >= 4 is 97.9 Å². The van der Waals surface area contributed by atoms with Crippen molar-refractivity contribution in [2.24, 2.45) is 7.05 Å². The number of imidazole rings is 4. The number of aryl methyl sites for hydroxylation is 1. The fourth-order valence-corrected chi connectivity index (χ4v) is 14.1. The molecule has 4 aromatic carbocycles. The third-order valence-corrected chi connectivity index (χ3v) is 20.3. The molecule has 12 heterocycles. The molecule has 4 aliphatic heterocycles. The van der Waals surface area contributed by atoms with E-state index < -0.39 is 60.1 Å². The molecule has 137 heavy (non-hydrogen) atoms. The molecule has 0 bridgehead atoms. The van der Waals surface area contributed by atoms with Crippen LogP contribution in [0.15, 0.2) is 141 Å². The first-order valence-electron chi connectivity index (χ1n) is 42.2. The highest BCUT2D eigenvalue weighted by atomic mass is 19.4. The van der Waals surface area contributed by atoms with Crippen molar-refractivity contribution in [3.8, 4) is 92.4 Å². The molecular formula is C90H95F9N24O14. The van der Waals surface area contributed by atoms with Gasteiger partial charge in [0.25, 0.3) is 22.2 Å². The highest BCUT2D eigenvalue weighted by Crippen LogP contribution is 2.34. The second-order valence-electron chi connectivity index (χ2n) is 30.8. The van der Waals surface area contributed by atoms with Crippen molar-refractivity contribution in [2.45, 2.75) is 105 Å². The zero-order valence-electron chi connectivity index (χ0n) is 75.2. The summed E-state index contributed by atoms with van der Waals surface area (Å²) in [5.41, 5.74) is 8.33. The minimum Gasteiger partial charge on any atom is -0.480 e. The average Bonchev–Trinajstić information content (AvgIpc) is 1.59. The number of fused-ring (bicyclic) bond motifs is 4. The van der Waals surface area contributed by atoms with Gasteiger partial charge in [0.1, 0.15) is 79.1 Å². The molecule has 9 N–H and O–H groups in total. The van der Waals surface area contributed by atoms with Crippen LogP contribution in [0.25, 0.3) is 89.2 Å². The Morgan fingerprint density at radius 2 is 0.657 bits per heavy atom. The summed E-state index contributed by atoms with van der Waals surface area (Å²) in [6.45, 7) is 25.8. The van der Waals surface area contributed by atoms with Crippen LogP contribution in [0, 0.1) is 47.4 Å². The number of H-pyrrole nitrogens is 2. The van der Waals surface area contributed by atoms with Gasteiger partial charge in [-0.05, 0) is 48.5 Å². The summed E-state index contributed by atoms with van der Waals surface area (Å²) in [6.07, 6.45) is -15.6. The molecule has 0 atom stereocenters. The fraction of sp³-hybridized carbons (Fsp3) is 0.367. The number of nitrogens with one attached hydrogen (secondary N) is 5. The lowest BCUT2D eigenvalue weighted by molar-refractivity contribution is -0.193. The number of rotatable bonds is 14. The molecule has 16 rings (SSSR count). The van der Waals surface area contributed by atoms with E-state index in [4.69, 9.17) is 54.4 Å². The lowest BCUT2D eigenvalue weighted by Gasteiger charge is -2.36. The Kier molecular flexibility index (Phi) is 35.2. The van der Waals surface area contributed by atoms with Gasteiger partial charge >= 0.3 is 48.5 Å².